The third-order valence-electron chi connectivity index (χ3n) is 2.27. The van der Waals surface area contributed by atoms with Crippen molar-refractivity contribution in [2.45, 2.75) is 33.2 Å². The van der Waals surface area contributed by atoms with Gasteiger partial charge in [-0.25, -0.2) is 9.67 Å². The Balaban J connectivity index is 3.06. The average molecular weight is 196 g/mol. The van der Waals surface area contributed by atoms with Gasteiger partial charge in [-0.05, 0) is 19.8 Å². The van der Waals surface area contributed by atoms with Crippen molar-refractivity contribution >= 4 is 5.71 Å². The van der Waals surface area contributed by atoms with Gasteiger partial charge in [0.2, 0.25) is 0 Å². The second-order valence-corrected chi connectivity index (χ2v) is 4.04. The number of aromatic nitrogens is 3. The molecule has 0 radical (unpaired) electrons. The summed E-state index contributed by atoms with van der Waals surface area (Å²) in [5, 5.41) is 16.4. The molecule has 78 valence electrons. The van der Waals surface area contributed by atoms with Crippen LogP contribution in [0.3, 0.4) is 0 Å². The SMILES string of the molecule is CC(C)C(=NO)C(C)(C)n1cncn1. The van der Waals surface area contributed by atoms with Gasteiger partial charge in [0, 0.05) is 0 Å². The van der Waals surface area contributed by atoms with Gasteiger partial charge in [0.25, 0.3) is 0 Å². The maximum Gasteiger partial charge on any atom is 0.137 e. The molecule has 0 amide bonds. The Bertz CT molecular complexity index is 314. The zero-order chi connectivity index (χ0) is 10.8. The van der Waals surface area contributed by atoms with E-state index in [1.807, 2.05) is 27.7 Å². The van der Waals surface area contributed by atoms with Crippen LogP contribution in [0.25, 0.3) is 0 Å². The highest BCUT2D eigenvalue weighted by Crippen LogP contribution is 2.20. The van der Waals surface area contributed by atoms with E-state index in [4.69, 9.17) is 5.21 Å². The first-order chi connectivity index (χ1) is 6.50. The highest BCUT2D eigenvalue weighted by atomic mass is 16.4. The lowest BCUT2D eigenvalue weighted by atomic mass is 9.90. The second kappa shape index (κ2) is 3.77. The van der Waals surface area contributed by atoms with Crippen LogP contribution in [0.5, 0.6) is 0 Å². The molecule has 1 N–H and O–H groups in total. The Hall–Kier alpha value is -1.39. The summed E-state index contributed by atoms with van der Waals surface area (Å²) in [6.07, 6.45) is 3.09. The highest BCUT2D eigenvalue weighted by molar-refractivity contribution is 5.92. The molecule has 1 aromatic heterocycles. The zero-order valence-electron chi connectivity index (χ0n) is 8.97. The molecule has 0 fully saturated rings. The summed E-state index contributed by atoms with van der Waals surface area (Å²) >= 11 is 0. The average Bonchev–Trinajstić information content (AvgIpc) is 2.55. The molecule has 14 heavy (non-hydrogen) atoms. The molecule has 0 saturated carbocycles. The van der Waals surface area contributed by atoms with Crippen molar-refractivity contribution in [1.82, 2.24) is 14.8 Å². The highest BCUT2D eigenvalue weighted by Gasteiger charge is 2.30. The number of hydrogen-bond acceptors (Lipinski definition) is 4. The fraction of sp³-hybridized carbons (Fsp3) is 0.667. The van der Waals surface area contributed by atoms with E-state index >= 15 is 0 Å². The van der Waals surface area contributed by atoms with Crippen molar-refractivity contribution < 1.29 is 5.21 Å². The number of nitrogens with zero attached hydrogens (tertiary/aromatic N) is 4. The molecule has 0 atom stereocenters. The molecule has 0 unspecified atom stereocenters. The molecule has 0 bridgehead atoms. The molecule has 0 saturated heterocycles. The van der Waals surface area contributed by atoms with Crippen LogP contribution < -0.4 is 0 Å². The maximum atomic E-state index is 8.96. The molecule has 1 heterocycles. The van der Waals surface area contributed by atoms with Crippen LogP contribution in [-0.2, 0) is 5.54 Å². The molecular weight excluding hydrogens is 180 g/mol. The molecular formula is C9H16N4O. The van der Waals surface area contributed by atoms with E-state index in [0.717, 1.165) is 0 Å². The summed E-state index contributed by atoms with van der Waals surface area (Å²) in [5.74, 6) is 0.166. The molecule has 5 heteroatoms. The van der Waals surface area contributed by atoms with E-state index in [2.05, 4.69) is 15.2 Å². The van der Waals surface area contributed by atoms with Crippen molar-refractivity contribution in [2.75, 3.05) is 0 Å². The smallest absolute Gasteiger partial charge is 0.137 e. The fourth-order valence-electron chi connectivity index (χ4n) is 1.56. The van der Waals surface area contributed by atoms with Crippen LogP contribution in [-0.4, -0.2) is 25.7 Å². The predicted molar refractivity (Wildman–Crippen MR) is 53.4 cm³/mol. The van der Waals surface area contributed by atoms with Gasteiger partial charge < -0.3 is 5.21 Å². The van der Waals surface area contributed by atoms with Gasteiger partial charge in [0.05, 0.1) is 5.71 Å². The van der Waals surface area contributed by atoms with Gasteiger partial charge >= 0.3 is 0 Å². The Kier molecular flexibility index (Phi) is 2.88. The largest absolute Gasteiger partial charge is 0.411 e. The van der Waals surface area contributed by atoms with Gasteiger partial charge in [-0.2, -0.15) is 5.10 Å². The van der Waals surface area contributed by atoms with Crippen LogP contribution in [0.15, 0.2) is 17.8 Å². The maximum absolute atomic E-state index is 8.96. The molecule has 5 nitrogen and oxygen atoms in total. The monoisotopic (exact) mass is 196 g/mol. The van der Waals surface area contributed by atoms with Gasteiger partial charge in [-0.1, -0.05) is 19.0 Å². The molecule has 0 aromatic carbocycles. The first kappa shape index (κ1) is 10.7. The lowest BCUT2D eigenvalue weighted by Crippen LogP contribution is -2.39. The molecule has 1 rings (SSSR count). The van der Waals surface area contributed by atoms with Crippen LogP contribution in [0.2, 0.25) is 0 Å². The van der Waals surface area contributed by atoms with E-state index in [1.54, 1.807) is 11.0 Å². The van der Waals surface area contributed by atoms with Crippen molar-refractivity contribution in [3.05, 3.63) is 12.7 Å². The zero-order valence-corrected chi connectivity index (χ0v) is 8.97. The number of oxime groups is 1. The van der Waals surface area contributed by atoms with Crippen molar-refractivity contribution in [3.8, 4) is 0 Å². The van der Waals surface area contributed by atoms with Gasteiger partial charge in [0.15, 0.2) is 0 Å². The van der Waals surface area contributed by atoms with Crippen LogP contribution >= 0.6 is 0 Å². The fourth-order valence-corrected chi connectivity index (χ4v) is 1.56. The Morgan fingerprint density at radius 2 is 2.14 bits per heavy atom. The Labute approximate surface area is 83.5 Å². The Morgan fingerprint density at radius 3 is 2.50 bits per heavy atom. The molecule has 1 aromatic rings. The lowest BCUT2D eigenvalue weighted by Gasteiger charge is -2.27. The van der Waals surface area contributed by atoms with E-state index in [0.29, 0.717) is 5.71 Å². The minimum absolute atomic E-state index is 0.166. The van der Waals surface area contributed by atoms with Crippen LogP contribution in [0.4, 0.5) is 0 Å². The standard InChI is InChI=1S/C9H16N4O/c1-7(2)8(12-14)9(3,4)13-6-10-5-11-13/h5-7,14H,1-4H3. The first-order valence-corrected chi connectivity index (χ1v) is 4.57. The van der Waals surface area contributed by atoms with E-state index in [-0.39, 0.29) is 5.92 Å². The molecule has 0 aliphatic carbocycles. The van der Waals surface area contributed by atoms with Gasteiger partial charge in [0.1, 0.15) is 18.2 Å². The summed E-state index contributed by atoms with van der Waals surface area (Å²) in [6.45, 7) is 7.84. The summed E-state index contributed by atoms with van der Waals surface area (Å²) < 4.78 is 1.68. The van der Waals surface area contributed by atoms with Gasteiger partial charge in [-0.3, -0.25) is 0 Å². The normalized spacial score (nSPS) is 13.6. The third-order valence-corrected chi connectivity index (χ3v) is 2.27. The molecule has 0 aliphatic heterocycles. The van der Waals surface area contributed by atoms with Crippen molar-refractivity contribution in [3.63, 3.8) is 0 Å². The number of hydrogen-bond donors (Lipinski definition) is 1. The number of rotatable bonds is 3. The third kappa shape index (κ3) is 1.76. The van der Waals surface area contributed by atoms with Gasteiger partial charge in [-0.15, -0.1) is 0 Å². The molecule has 0 spiro atoms. The van der Waals surface area contributed by atoms with Crippen molar-refractivity contribution in [2.24, 2.45) is 11.1 Å². The second-order valence-electron chi connectivity index (χ2n) is 4.04. The van der Waals surface area contributed by atoms with Crippen molar-refractivity contribution in [1.29, 1.82) is 0 Å². The predicted octanol–water partition coefficient (Wildman–Crippen LogP) is 1.50. The summed E-state index contributed by atoms with van der Waals surface area (Å²) in [5.41, 5.74) is 0.238. The van der Waals surface area contributed by atoms with E-state index in [9.17, 15) is 0 Å². The minimum Gasteiger partial charge on any atom is -0.411 e. The van der Waals surface area contributed by atoms with Crippen LogP contribution in [0, 0.1) is 5.92 Å². The Morgan fingerprint density at radius 1 is 1.50 bits per heavy atom. The lowest BCUT2D eigenvalue weighted by molar-refractivity contribution is 0.299. The van der Waals surface area contributed by atoms with Crippen LogP contribution in [0.1, 0.15) is 27.7 Å². The minimum atomic E-state index is -0.445. The molecule has 0 aliphatic rings. The van der Waals surface area contributed by atoms with E-state index < -0.39 is 5.54 Å². The summed E-state index contributed by atoms with van der Waals surface area (Å²) in [7, 11) is 0. The first-order valence-electron chi connectivity index (χ1n) is 4.57. The van der Waals surface area contributed by atoms with E-state index in [1.165, 1.54) is 6.33 Å². The quantitative estimate of drug-likeness (QED) is 0.452. The topological polar surface area (TPSA) is 63.3 Å². The summed E-state index contributed by atoms with van der Waals surface area (Å²) in [4.78, 5) is 3.88. The summed E-state index contributed by atoms with van der Waals surface area (Å²) in [6, 6.07) is 0.